The second-order valence-corrected chi connectivity index (χ2v) is 5.40. The number of anilines is 1. The van der Waals surface area contributed by atoms with Crippen LogP contribution in [0, 0.1) is 0 Å². The van der Waals surface area contributed by atoms with E-state index in [0.717, 1.165) is 11.1 Å². The summed E-state index contributed by atoms with van der Waals surface area (Å²) in [5.41, 5.74) is 8.11. The lowest BCUT2D eigenvalue weighted by Gasteiger charge is -2.12. The van der Waals surface area contributed by atoms with E-state index >= 15 is 0 Å². The molecule has 1 amide bonds. The number of nitrogens with one attached hydrogen (secondary N) is 2. The molecule has 1 atom stereocenters. The van der Waals surface area contributed by atoms with Gasteiger partial charge < -0.3 is 21.5 Å². The third-order valence-corrected chi connectivity index (χ3v) is 3.49. The summed E-state index contributed by atoms with van der Waals surface area (Å²) in [5.74, 6) is -0.0276. The zero-order valence-electron chi connectivity index (χ0n) is 13.0. The fourth-order valence-corrected chi connectivity index (χ4v) is 2.21. The van der Waals surface area contributed by atoms with Crippen molar-refractivity contribution in [2.24, 2.45) is 0 Å². The van der Waals surface area contributed by atoms with Crippen LogP contribution in [-0.2, 0) is 11.2 Å². The molecule has 0 heterocycles. The lowest BCUT2D eigenvalue weighted by molar-refractivity contribution is -0.120. The average molecular weight is 313 g/mol. The molecule has 2 rings (SSSR count). The molecule has 23 heavy (non-hydrogen) atoms. The van der Waals surface area contributed by atoms with Crippen LogP contribution in [0.3, 0.4) is 0 Å². The van der Waals surface area contributed by atoms with E-state index in [9.17, 15) is 9.90 Å². The predicted octanol–water partition coefficient (Wildman–Crippen LogP) is 1.25. The Labute approximate surface area is 136 Å². The Morgan fingerprint density at radius 1 is 1.04 bits per heavy atom. The number of carbonyl (C=O) groups is 1. The number of hydrogen-bond donors (Lipinski definition) is 4. The van der Waals surface area contributed by atoms with Crippen LogP contribution in [0.4, 0.5) is 5.69 Å². The van der Waals surface area contributed by atoms with E-state index in [2.05, 4.69) is 10.6 Å². The van der Waals surface area contributed by atoms with Crippen molar-refractivity contribution in [1.82, 2.24) is 10.6 Å². The number of amides is 1. The van der Waals surface area contributed by atoms with Crippen molar-refractivity contribution in [1.29, 1.82) is 0 Å². The molecule has 2 aromatic carbocycles. The van der Waals surface area contributed by atoms with Gasteiger partial charge >= 0.3 is 0 Å². The maximum absolute atomic E-state index is 11.8. The first-order valence-corrected chi connectivity index (χ1v) is 7.70. The van der Waals surface area contributed by atoms with Gasteiger partial charge in [-0.25, -0.2) is 0 Å². The fraction of sp³-hybridized carbons (Fsp3) is 0.278. The minimum atomic E-state index is -0.540. The van der Waals surface area contributed by atoms with Gasteiger partial charge in [0.05, 0.1) is 12.5 Å². The monoisotopic (exact) mass is 313 g/mol. The van der Waals surface area contributed by atoms with Gasteiger partial charge in [-0.05, 0) is 23.3 Å². The molecule has 0 radical (unpaired) electrons. The number of nitrogen functional groups attached to an aromatic ring is 1. The first-order valence-electron chi connectivity index (χ1n) is 7.70. The number of carbonyl (C=O) groups excluding carboxylic acids is 1. The maximum atomic E-state index is 11.8. The van der Waals surface area contributed by atoms with Crippen molar-refractivity contribution < 1.29 is 9.90 Å². The standard InChI is InChI=1S/C18H23N3O2/c19-16-8-6-14(7-9-16)12-18(23)21-11-10-20-13-17(22)15-4-2-1-3-5-15/h1-9,17,20,22H,10-13,19H2,(H,21,23)/t17-/m0/s1. The second-order valence-electron chi connectivity index (χ2n) is 5.40. The maximum Gasteiger partial charge on any atom is 0.224 e. The summed E-state index contributed by atoms with van der Waals surface area (Å²) in [5, 5.41) is 16.0. The van der Waals surface area contributed by atoms with E-state index in [-0.39, 0.29) is 5.91 Å². The van der Waals surface area contributed by atoms with E-state index in [0.29, 0.717) is 31.7 Å². The van der Waals surface area contributed by atoms with E-state index in [1.54, 1.807) is 12.1 Å². The van der Waals surface area contributed by atoms with Crippen molar-refractivity contribution in [3.05, 3.63) is 65.7 Å². The molecule has 0 aliphatic heterocycles. The van der Waals surface area contributed by atoms with E-state index < -0.39 is 6.10 Å². The first-order chi connectivity index (χ1) is 11.1. The number of hydrogen-bond acceptors (Lipinski definition) is 4. The van der Waals surface area contributed by atoms with Crippen LogP contribution in [0.5, 0.6) is 0 Å². The molecule has 0 aliphatic rings. The van der Waals surface area contributed by atoms with Gasteiger partial charge in [-0.3, -0.25) is 4.79 Å². The molecule has 2 aromatic rings. The Hall–Kier alpha value is -2.37. The average Bonchev–Trinajstić information content (AvgIpc) is 2.57. The molecule has 0 aromatic heterocycles. The second kappa shape index (κ2) is 8.92. The third-order valence-electron chi connectivity index (χ3n) is 3.49. The van der Waals surface area contributed by atoms with Crippen LogP contribution in [0.15, 0.2) is 54.6 Å². The SMILES string of the molecule is Nc1ccc(CC(=O)NCCNC[C@H](O)c2ccccc2)cc1. The summed E-state index contributed by atoms with van der Waals surface area (Å²) in [4.78, 5) is 11.8. The van der Waals surface area contributed by atoms with Gasteiger partial charge in [0.2, 0.25) is 5.91 Å². The van der Waals surface area contributed by atoms with Gasteiger partial charge in [0.1, 0.15) is 0 Å². The van der Waals surface area contributed by atoms with Crippen molar-refractivity contribution in [2.75, 3.05) is 25.4 Å². The molecule has 0 saturated carbocycles. The Morgan fingerprint density at radius 3 is 2.43 bits per heavy atom. The van der Waals surface area contributed by atoms with Crippen LogP contribution in [0.25, 0.3) is 0 Å². The molecule has 0 aliphatic carbocycles. The Kier molecular flexibility index (Phi) is 6.59. The summed E-state index contributed by atoms with van der Waals surface area (Å²) < 4.78 is 0. The molecule has 5 N–H and O–H groups in total. The van der Waals surface area contributed by atoms with Gasteiger partial charge in [-0.1, -0.05) is 42.5 Å². The molecule has 0 bridgehead atoms. The minimum absolute atomic E-state index is 0.0276. The van der Waals surface area contributed by atoms with Gasteiger partial charge in [0.25, 0.3) is 0 Å². The zero-order valence-corrected chi connectivity index (χ0v) is 13.0. The van der Waals surface area contributed by atoms with Gasteiger partial charge in [0, 0.05) is 25.3 Å². The van der Waals surface area contributed by atoms with Crippen LogP contribution < -0.4 is 16.4 Å². The summed E-state index contributed by atoms with van der Waals surface area (Å²) in [7, 11) is 0. The van der Waals surface area contributed by atoms with Gasteiger partial charge in [-0.2, -0.15) is 0 Å². The van der Waals surface area contributed by atoms with Crippen molar-refractivity contribution in [3.63, 3.8) is 0 Å². The lowest BCUT2D eigenvalue weighted by Crippen LogP contribution is -2.34. The van der Waals surface area contributed by atoms with Gasteiger partial charge in [-0.15, -0.1) is 0 Å². The number of nitrogens with two attached hydrogens (primary N) is 1. The van der Waals surface area contributed by atoms with E-state index in [1.165, 1.54) is 0 Å². The van der Waals surface area contributed by atoms with E-state index in [1.807, 2.05) is 42.5 Å². The molecule has 122 valence electrons. The molecule has 5 heteroatoms. The molecular formula is C18H23N3O2. The molecule has 5 nitrogen and oxygen atoms in total. The number of benzene rings is 2. The largest absolute Gasteiger partial charge is 0.399 e. The highest BCUT2D eigenvalue weighted by atomic mass is 16.3. The van der Waals surface area contributed by atoms with Crippen molar-refractivity contribution in [2.45, 2.75) is 12.5 Å². The third kappa shape index (κ3) is 6.10. The Morgan fingerprint density at radius 2 is 1.74 bits per heavy atom. The Balaban J connectivity index is 1.60. The van der Waals surface area contributed by atoms with E-state index in [4.69, 9.17) is 5.73 Å². The summed E-state index contributed by atoms with van der Waals surface area (Å²) in [6.45, 7) is 1.59. The summed E-state index contributed by atoms with van der Waals surface area (Å²) in [6.07, 6.45) is -0.200. The van der Waals surface area contributed by atoms with Crippen molar-refractivity contribution in [3.8, 4) is 0 Å². The van der Waals surface area contributed by atoms with Crippen LogP contribution in [-0.4, -0.2) is 30.6 Å². The zero-order chi connectivity index (χ0) is 16.5. The summed E-state index contributed by atoms with van der Waals surface area (Å²) in [6, 6.07) is 16.8. The molecular weight excluding hydrogens is 290 g/mol. The normalized spacial score (nSPS) is 11.9. The van der Waals surface area contributed by atoms with Crippen molar-refractivity contribution >= 4 is 11.6 Å². The highest BCUT2D eigenvalue weighted by Gasteiger charge is 2.06. The molecule has 0 fully saturated rings. The molecule has 0 unspecified atom stereocenters. The van der Waals surface area contributed by atoms with Crippen LogP contribution >= 0.6 is 0 Å². The minimum Gasteiger partial charge on any atom is -0.399 e. The fourth-order valence-electron chi connectivity index (χ4n) is 2.21. The predicted molar refractivity (Wildman–Crippen MR) is 91.8 cm³/mol. The highest BCUT2D eigenvalue weighted by Crippen LogP contribution is 2.10. The van der Waals surface area contributed by atoms with Gasteiger partial charge in [0.15, 0.2) is 0 Å². The lowest BCUT2D eigenvalue weighted by atomic mass is 10.1. The highest BCUT2D eigenvalue weighted by molar-refractivity contribution is 5.78. The Bertz CT molecular complexity index is 599. The number of rotatable bonds is 8. The van der Waals surface area contributed by atoms with Crippen LogP contribution in [0.2, 0.25) is 0 Å². The molecule has 0 spiro atoms. The topological polar surface area (TPSA) is 87.4 Å². The van der Waals surface area contributed by atoms with Crippen LogP contribution in [0.1, 0.15) is 17.2 Å². The number of aliphatic hydroxyl groups excluding tert-OH is 1. The molecule has 0 saturated heterocycles. The quantitative estimate of drug-likeness (QED) is 0.436. The first kappa shape index (κ1) is 17.0. The summed E-state index contributed by atoms with van der Waals surface area (Å²) >= 11 is 0. The number of aliphatic hydroxyl groups is 1. The smallest absolute Gasteiger partial charge is 0.224 e.